The van der Waals surface area contributed by atoms with E-state index < -0.39 is 11.6 Å². The van der Waals surface area contributed by atoms with Gasteiger partial charge in [-0.15, -0.1) is 11.3 Å². The van der Waals surface area contributed by atoms with Crippen LogP contribution in [-0.2, 0) is 17.8 Å². The van der Waals surface area contributed by atoms with Crippen molar-refractivity contribution in [3.8, 4) is 5.75 Å². The highest BCUT2D eigenvalue weighted by Gasteiger charge is 2.17. The van der Waals surface area contributed by atoms with Crippen molar-refractivity contribution in [2.45, 2.75) is 25.8 Å². The van der Waals surface area contributed by atoms with E-state index in [9.17, 15) is 13.6 Å². The Morgan fingerprint density at radius 1 is 1.13 bits per heavy atom. The Morgan fingerprint density at radius 2 is 1.97 bits per heavy atom. The zero-order valence-corrected chi connectivity index (χ0v) is 17.2. The molecule has 1 N–H and O–H groups in total. The molecule has 1 aliphatic heterocycles. The highest BCUT2D eigenvalue weighted by molar-refractivity contribution is 7.10. The Hall–Kier alpha value is -2.93. The topological polar surface area (TPSA) is 41.6 Å². The number of hydrogen-bond donors (Lipinski definition) is 1. The summed E-state index contributed by atoms with van der Waals surface area (Å²) in [6.45, 7) is 2.08. The molecule has 1 aliphatic rings. The van der Waals surface area contributed by atoms with Crippen molar-refractivity contribution >= 4 is 28.6 Å². The van der Waals surface area contributed by atoms with E-state index in [4.69, 9.17) is 4.74 Å². The molecule has 0 saturated heterocycles. The van der Waals surface area contributed by atoms with Crippen LogP contribution in [0.15, 0.2) is 53.9 Å². The number of fused-ring (bicyclic) bond motifs is 1. The van der Waals surface area contributed by atoms with Crippen molar-refractivity contribution < 1.29 is 18.3 Å². The maximum Gasteiger partial charge on any atom is 0.224 e. The normalized spacial score (nSPS) is 13.1. The number of carbonyl (C=O) groups is 1. The number of hydrogen-bond acceptors (Lipinski definition) is 4. The summed E-state index contributed by atoms with van der Waals surface area (Å²) in [5, 5.41) is 5.01. The molecule has 0 bridgehead atoms. The summed E-state index contributed by atoms with van der Waals surface area (Å²) >= 11 is 1.82. The van der Waals surface area contributed by atoms with E-state index in [1.807, 2.05) is 35.6 Å². The predicted molar refractivity (Wildman–Crippen MR) is 115 cm³/mol. The summed E-state index contributed by atoms with van der Waals surface area (Å²) in [4.78, 5) is 15.9. The van der Waals surface area contributed by atoms with E-state index >= 15 is 0 Å². The lowest BCUT2D eigenvalue weighted by molar-refractivity contribution is -0.116. The van der Waals surface area contributed by atoms with E-state index in [-0.39, 0.29) is 24.7 Å². The molecule has 0 fully saturated rings. The summed E-state index contributed by atoms with van der Waals surface area (Å²) in [7, 11) is 0. The number of benzene rings is 2. The average molecular weight is 429 g/mol. The fourth-order valence-electron chi connectivity index (χ4n) is 3.46. The monoisotopic (exact) mass is 428 g/mol. The van der Waals surface area contributed by atoms with Gasteiger partial charge in [0.15, 0.2) is 11.6 Å². The lowest BCUT2D eigenvalue weighted by atomic mass is 10.1. The van der Waals surface area contributed by atoms with Gasteiger partial charge in [0, 0.05) is 41.8 Å². The SMILES string of the molecule is O=C(CCCOc1ccc(F)cc1F)Nc1ccc(N2CCc3sccc3C2)cc1. The van der Waals surface area contributed by atoms with Gasteiger partial charge in [-0.1, -0.05) is 0 Å². The predicted octanol–water partition coefficient (Wildman–Crippen LogP) is 5.39. The minimum absolute atomic E-state index is 0.0142. The van der Waals surface area contributed by atoms with Crippen molar-refractivity contribution in [1.82, 2.24) is 0 Å². The van der Waals surface area contributed by atoms with Gasteiger partial charge in [0.05, 0.1) is 6.61 Å². The molecule has 2 heterocycles. The first-order chi connectivity index (χ1) is 14.6. The largest absolute Gasteiger partial charge is 0.491 e. The molecule has 1 aromatic heterocycles. The van der Waals surface area contributed by atoms with Crippen LogP contribution in [0.25, 0.3) is 0 Å². The third kappa shape index (κ3) is 4.97. The Bertz CT molecular complexity index is 1020. The number of carbonyl (C=O) groups excluding carboxylic acids is 1. The van der Waals surface area contributed by atoms with E-state index in [1.165, 1.54) is 16.5 Å². The van der Waals surface area contributed by atoms with Crippen molar-refractivity contribution in [3.63, 3.8) is 0 Å². The minimum Gasteiger partial charge on any atom is -0.491 e. The first-order valence-electron chi connectivity index (χ1n) is 9.86. The molecule has 0 saturated carbocycles. The number of ether oxygens (including phenoxy) is 1. The molecule has 156 valence electrons. The number of amides is 1. The van der Waals surface area contributed by atoms with Crippen LogP contribution in [0.5, 0.6) is 5.75 Å². The second kappa shape index (κ2) is 9.26. The third-order valence-corrected chi connectivity index (χ3v) is 6.05. The van der Waals surface area contributed by atoms with Crippen LogP contribution < -0.4 is 15.0 Å². The Balaban J connectivity index is 1.22. The Morgan fingerprint density at radius 3 is 2.77 bits per heavy atom. The molecular weight excluding hydrogens is 406 g/mol. The van der Waals surface area contributed by atoms with Crippen molar-refractivity contribution in [2.75, 3.05) is 23.4 Å². The van der Waals surface area contributed by atoms with Gasteiger partial charge in [-0.3, -0.25) is 4.79 Å². The molecule has 3 aromatic rings. The molecule has 4 nitrogen and oxygen atoms in total. The maximum atomic E-state index is 13.5. The van der Waals surface area contributed by atoms with Crippen molar-refractivity contribution in [2.24, 2.45) is 0 Å². The number of thiophene rings is 1. The lowest BCUT2D eigenvalue weighted by Crippen LogP contribution is -2.29. The van der Waals surface area contributed by atoms with E-state index in [1.54, 1.807) is 0 Å². The van der Waals surface area contributed by atoms with E-state index in [0.29, 0.717) is 6.42 Å². The van der Waals surface area contributed by atoms with Gasteiger partial charge in [-0.05, 0) is 66.2 Å². The average Bonchev–Trinajstić information content (AvgIpc) is 3.21. The summed E-state index contributed by atoms with van der Waals surface area (Å²) in [5.41, 5.74) is 3.27. The van der Waals surface area contributed by atoms with Crippen LogP contribution in [0.3, 0.4) is 0 Å². The number of rotatable bonds is 7. The van der Waals surface area contributed by atoms with Crippen LogP contribution in [-0.4, -0.2) is 19.1 Å². The molecule has 4 rings (SSSR count). The van der Waals surface area contributed by atoms with Gasteiger partial charge in [0.25, 0.3) is 0 Å². The maximum absolute atomic E-state index is 13.5. The quantitative estimate of drug-likeness (QED) is 0.513. The number of anilines is 2. The van der Waals surface area contributed by atoms with Gasteiger partial charge < -0.3 is 15.0 Å². The van der Waals surface area contributed by atoms with Gasteiger partial charge in [-0.25, -0.2) is 8.78 Å². The van der Waals surface area contributed by atoms with E-state index in [0.717, 1.165) is 43.0 Å². The van der Waals surface area contributed by atoms with Gasteiger partial charge >= 0.3 is 0 Å². The first-order valence-corrected chi connectivity index (χ1v) is 10.7. The summed E-state index contributed by atoms with van der Waals surface area (Å²) < 4.78 is 31.6. The van der Waals surface area contributed by atoms with Gasteiger partial charge in [0.2, 0.25) is 5.91 Å². The molecule has 2 aromatic carbocycles. The highest BCUT2D eigenvalue weighted by Crippen LogP contribution is 2.28. The molecule has 1 amide bonds. The van der Waals surface area contributed by atoms with Gasteiger partial charge in [-0.2, -0.15) is 0 Å². The molecule has 30 heavy (non-hydrogen) atoms. The lowest BCUT2D eigenvalue weighted by Gasteiger charge is -2.29. The summed E-state index contributed by atoms with van der Waals surface area (Å²) in [6.07, 6.45) is 1.74. The number of halogens is 2. The fourth-order valence-corrected chi connectivity index (χ4v) is 4.34. The Labute approximate surface area is 178 Å². The molecule has 7 heteroatoms. The number of nitrogens with one attached hydrogen (secondary N) is 1. The zero-order chi connectivity index (χ0) is 20.9. The molecule has 0 radical (unpaired) electrons. The summed E-state index contributed by atoms with van der Waals surface area (Å²) in [5.74, 6) is -1.54. The second-order valence-electron chi connectivity index (χ2n) is 7.16. The van der Waals surface area contributed by atoms with Crippen molar-refractivity contribution in [3.05, 3.63) is 76.0 Å². The van der Waals surface area contributed by atoms with Crippen LogP contribution in [0.2, 0.25) is 0 Å². The van der Waals surface area contributed by atoms with Gasteiger partial charge in [0.1, 0.15) is 5.82 Å². The van der Waals surface area contributed by atoms with Crippen molar-refractivity contribution in [1.29, 1.82) is 0 Å². The molecule has 0 spiro atoms. The Kier molecular flexibility index (Phi) is 6.28. The van der Waals surface area contributed by atoms with Crippen LogP contribution in [0.1, 0.15) is 23.3 Å². The molecule has 0 atom stereocenters. The number of nitrogens with zero attached hydrogens (tertiary/aromatic N) is 1. The minimum atomic E-state index is -0.747. The van der Waals surface area contributed by atoms with Crippen LogP contribution in [0, 0.1) is 11.6 Å². The standard InChI is InChI=1S/C23H22F2N2O2S/c24-17-3-8-21(20(25)14-17)29-12-1-2-23(28)26-18-4-6-19(7-5-18)27-11-9-22-16(15-27)10-13-30-22/h3-8,10,13-14H,1-2,9,11-12,15H2,(H,26,28). The van der Waals surface area contributed by atoms with E-state index in [2.05, 4.69) is 21.7 Å². The van der Waals surface area contributed by atoms with Crippen LogP contribution in [0.4, 0.5) is 20.2 Å². The molecule has 0 aliphatic carbocycles. The summed E-state index contributed by atoms with van der Waals surface area (Å²) in [6, 6.07) is 13.2. The van der Waals surface area contributed by atoms with Crippen LogP contribution >= 0.6 is 11.3 Å². The first kappa shape index (κ1) is 20.3. The third-order valence-electron chi connectivity index (χ3n) is 5.02. The fraction of sp³-hybridized carbons (Fsp3) is 0.261. The molecular formula is C23H22F2N2O2S. The smallest absolute Gasteiger partial charge is 0.224 e. The zero-order valence-electron chi connectivity index (χ0n) is 16.4. The highest BCUT2D eigenvalue weighted by atomic mass is 32.1. The second-order valence-corrected chi connectivity index (χ2v) is 8.16. The molecule has 0 unspecified atom stereocenters.